The highest BCUT2D eigenvalue weighted by Crippen LogP contribution is 2.76. The number of carbonyl (C=O) groups excluding carboxylic acids is 2. The molecule has 5 rings (SSSR count). The molecular formula is C30H46O3. The molecule has 4 fully saturated rings. The monoisotopic (exact) mass is 454 g/mol. The van der Waals surface area contributed by atoms with Gasteiger partial charge in [-0.15, -0.1) is 0 Å². The van der Waals surface area contributed by atoms with E-state index in [1.165, 1.54) is 24.8 Å². The second kappa shape index (κ2) is 7.05. The number of hydrogen-bond donors (Lipinski definition) is 1. The van der Waals surface area contributed by atoms with Gasteiger partial charge in [0.1, 0.15) is 6.29 Å². The largest absolute Gasteiger partial charge is 0.393 e. The molecule has 0 aliphatic heterocycles. The Balaban J connectivity index is 1.61. The van der Waals surface area contributed by atoms with Gasteiger partial charge in [0, 0.05) is 6.42 Å². The van der Waals surface area contributed by atoms with Gasteiger partial charge in [-0.1, -0.05) is 48.5 Å². The van der Waals surface area contributed by atoms with Gasteiger partial charge in [-0.3, -0.25) is 4.79 Å². The van der Waals surface area contributed by atoms with Crippen molar-refractivity contribution in [1.29, 1.82) is 0 Å². The van der Waals surface area contributed by atoms with Crippen molar-refractivity contribution in [2.75, 3.05) is 0 Å². The first-order valence-corrected chi connectivity index (χ1v) is 13.7. The number of allylic oxidation sites excluding steroid dienone is 2. The van der Waals surface area contributed by atoms with Crippen LogP contribution < -0.4 is 0 Å². The fourth-order valence-corrected chi connectivity index (χ4v) is 10.8. The van der Waals surface area contributed by atoms with Crippen molar-refractivity contribution in [2.45, 2.75) is 112 Å². The SMILES string of the molecule is CC(C)C1=C2[C@H]3CC[C@@H]4[C@@]5(C)CC[C@H](O)C(C)(C)[C@H]5CC[C@@]4(C)[C@]3(C)CC[C@@]2(C=O)CC1=O. The minimum atomic E-state index is -0.526. The standard InChI is InChI=1S/C30H46O3/c1-18(2)24-20(32)16-30(17-31)15-14-28(6)19(25(24)30)8-9-22-27(5)12-11-23(33)26(3,4)21(27)10-13-29(22,28)7/h17-19,21-23,33H,8-16H2,1-7H3/t19-,21-,22-,23+,27+,28-,29-,30+/m1/s1. The Morgan fingerprint density at radius 3 is 2.21 bits per heavy atom. The molecule has 3 nitrogen and oxygen atoms in total. The molecule has 0 heterocycles. The second-order valence-electron chi connectivity index (χ2n) is 14.3. The van der Waals surface area contributed by atoms with E-state index in [0.29, 0.717) is 24.2 Å². The quantitative estimate of drug-likeness (QED) is 0.483. The predicted octanol–water partition coefficient (Wildman–Crippen LogP) is 6.53. The van der Waals surface area contributed by atoms with Crippen LogP contribution in [0.1, 0.15) is 106 Å². The first-order valence-electron chi connectivity index (χ1n) is 13.7. The van der Waals surface area contributed by atoms with E-state index in [0.717, 1.165) is 44.0 Å². The molecule has 8 atom stereocenters. The number of hydrogen-bond acceptors (Lipinski definition) is 3. The Kier molecular flexibility index (Phi) is 5.08. The fraction of sp³-hybridized carbons (Fsp3) is 0.867. The number of fused-ring (bicyclic) bond motifs is 7. The van der Waals surface area contributed by atoms with Crippen LogP contribution >= 0.6 is 0 Å². The van der Waals surface area contributed by atoms with Crippen LogP contribution in [0.3, 0.4) is 0 Å². The zero-order valence-corrected chi connectivity index (χ0v) is 22.1. The van der Waals surface area contributed by atoms with Gasteiger partial charge in [-0.25, -0.2) is 0 Å². The summed E-state index contributed by atoms with van der Waals surface area (Å²) in [5.74, 6) is 1.98. The molecule has 1 N–H and O–H groups in total. The van der Waals surface area contributed by atoms with E-state index in [2.05, 4.69) is 48.5 Å². The summed E-state index contributed by atoms with van der Waals surface area (Å²) in [4.78, 5) is 25.7. The molecule has 184 valence electrons. The van der Waals surface area contributed by atoms with Crippen LogP contribution in [-0.4, -0.2) is 23.3 Å². The van der Waals surface area contributed by atoms with Crippen molar-refractivity contribution in [3.05, 3.63) is 11.1 Å². The summed E-state index contributed by atoms with van der Waals surface area (Å²) in [5, 5.41) is 10.9. The third-order valence-electron chi connectivity index (χ3n) is 12.7. The van der Waals surface area contributed by atoms with Gasteiger partial charge in [0.15, 0.2) is 5.78 Å². The summed E-state index contributed by atoms with van der Waals surface area (Å²) in [6, 6.07) is 0. The molecule has 0 unspecified atom stereocenters. The summed E-state index contributed by atoms with van der Waals surface area (Å²) in [7, 11) is 0. The molecule has 5 aliphatic rings. The number of ketones is 1. The van der Waals surface area contributed by atoms with Crippen LogP contribution in [0.5, 0.6) is 0 Å². The van der Waals surface area contributed by atoms with Gasteiger partial charge in [0.2, 0.25) is 0 Å². The van der Waals surface area contributed by atoms with Crippen molar-refractivity contribution in [1.82, 2.24) is 0 Å². The highest BCUT2D eigenvalue weighted by Gasteiger charge is 2.69. The molecule has 3 heteroatoms. The Bertz CT molecular complexity index is 914. The second-order valence-corrected chi connectivity index (χ2v) is 14.3. The molecule has 0 spiro atoms. The van der Waals surface area contributed by atoms with Crippen molar-refractivity contribution in [3.8, 4) is 0 Å². The van der Waals surface area contributed by atoms with Crippen LogP contribution in [0.4, 0.5) is 0 Å². The molecule has 0 bridgehead atoms. The van der Waals surface area contributed by atoms with E-state index in [-0.39, 0.29) is 39.5 Å². The van der Waals surface area contributed by atoms with E-state index in [9.17, 15) is 14.7 Å². The molecule has 0 aromatic rings. The summed E-state index contributed by atoms with van der Waals surface area (Å²) in [6.45, 7) is 16.5. The normalized spacial score (nSPS) is 51.0. The summed E-state index contributed by atoms with van der Waals surface area (Å²) < 4.78 is 0. The van der Waals surface area contributed by atoms with E-state index in [1.807, 2.05) is 0 Å². The lowest BCUT2D eigenvalue weighted by Gasteiger charge is -2.72. The van der Waals surface area contributed by atoms with Crippen LogP contribution in [0, 0.1) is 50.7 Å². The van der Waals surface area contributed by atoms with Crippen LogP contribution in [0.15, 0.2) is 11.1 Å². The summed E-state index contributed by atoms with van der Waals surface area (Å²) in [6.07, 6.45) is 9.99. The fourth-order valence-electron chi connectivity index (χ4n) is 10.8. The molecular weight excluding hydrogens is 408 g/mol. The van der Waals surface area contributed by atoms with Crippen molar-refractivity contribution in [3.63, 3.8) is 0 Å². The van der Waals surface area contributed by atoms with E-state index < -0.39 is 5.41 Å². The third-order valence-corrected chi connectivity index (χ3v) is 12.7. The van der Waals surface area contributed by atoms with Gasteiger partial charge >= 0.3 is 0 Å². The molecule has 0 aromatic heterocycles. The first-order chi connectivity index (χ1) is 15.3. The lowest BCUT2D eigenvalue weighted by Crippen LogP contribution is -2.65. The Morgan fingerprint density at radius 2 is 1.58 bits per heavy atom. The number of aliphatic hydroxyl groups excluding tert-OH is 1. The minimum absolute atomic E-state index is 0.0312. The minimum Gasteiger partial charge on any atom is -0.393 e. The van der Waals surface area contributed by atoms with Crippen molar-refractivity contribution in [2.24, 2.45) is 50.7 Å². The number of aldehydes is 1. The number of aliphatic hydroxyl groups is 1. The highest BCUT2D eigenvalue weighted by atomic mass is 16.3. The highest BCUT2D eigenvalue weighted by molar-refractivity contribution is 6.03. The van der Waals surface area contributed by atoms with Gasteiger partial charge in [0.05, 0.1) is 11.5 Å². The molecule has 0 radical (unpaired) electrons. The zero-order chi connectivity index (χ0) is 24.2. The number of carbonyl (C=O) groups is 2. The molecule has 0 amide bonds. The molecule has 33 heavy (non-hydrogen) atoms. The van der Waals surface area contributed by atoms with Crippen LogP contribution in [-0.2, 0) is 9.59 Å². The Hall–Kier alpha value is -0.960. The van der Waals surface area contributed by atoms with Crippen LogP contribution in [0.2, 0.25) is 0 Å². The van der Waals surface area contributed by atoms with Gasteiger partial charge in [0.25, 0.3) is 0 Å². The maximum Gasteiger partial charge on any atom is 0.160 e. The topological polar surface area (TPSA) is 54.4 Å². The van der Waals surface area contributed by atoms with Crippen molar-refractivity contribution >= 4 is 12.1 Å². The summed E-state index contributed by atoms with van der Waals surface area (Å²) in [5.41, 5.74) is 2.29. The average molecular weight is 455 g/mol. The summed E-state index contributed by atoms with van der Waals surface area (Å²) >= 11 is 0. The van der Waals surface area contributed by atoms with E-state index in [4.69, 9.17) is 0 Å². The van der Waals surface area contributed by atoms with Crippen molar-refractivity contribution < 1.29 is 14.7 Å². The van der Waals surface area contributed by atoms with Gasteiger partial charge < -0.3 is 9.90 Å². The maximum atomic E-state index is 13.2. The van der Waals surface area contributed by atoms with Gasteiger partial charge in [-0.05, 0) is 108 Å². The number of Topliss-reactive ketones (excluding diaryl/α,β-unsaturated/α-hetero) is 1. The van der Waals surface area contributed by atoms with Gasteiger partial charge in [-0.2, -0.15) is 0 Å². The molecule has 0 saturated heterocycles. The van der Waals surface area contributed by atoms with E-state index >= 15 is 0 Å². The third kappa shape index (κ3) is 2.72. The smallest absolute Gasteiger partial charge is 0.160 e. The van der Waals surface area contributed by atoms with E-state index in [1.54, 1.807) is 0 Å². The molecule has 5 aliphatic carbocycles. The average Bonchev–Trinajstić information content (AvgIpc) is 3.04. The maximum absolute atomic E-state index is 13.2. The zero-order valence-electron chi connectivity index (χ0n) is 22.1. The molecule has 4 saturated carbocycles. The number of rotatable bonds is 2. The first kappa shape index (κ1) is 23.8. The van der Waals surface area contributed by atoms with Crippen LogP contribution in [0.25, 0.3) is 0 Å². The molecule has 0 aromatic carbocycles. The Labute approximate surface area is 201 Å². The lowest BCUT2D eigenvalue weighted by molar-refractivity contribution is -0.227. The Morgan fingerprint density at radius 1 is 0.879 bits per heavy atom. The lowest BCUT2D eigenvalue weighted by atomic mass is 9.33. The predicted molar refractivity (Wildman–Crippen MR) is 131 cm³/mol.